The highest BCUT2D eigenvalue weighted by molar-refractivity contribution is 14.1. The monoisotopic (exact) mass is 425 g/mol. The van der Waals surface area contributed by atoms with E-state index >= 15 is 0 Å². The third-order valence-electron chi connectivity index (χ3n) is 3.83. The second kappa shape index (κ2) is 6.59. The Morgan fingerprint density at radius 3 is 2.55 bits per heavy atom. The summed E-state index contributed by atoms with van der Waals surface area (Å²) >= 11 is 8.84. The molecule has 0 aromatic heterocycles. The summed E-state index contributed by atoms with van der Waals surface area (Å²) < 4.78 is 7.02. The van der Waals surface area contributed by atoms with Crippen LogP contribution in [0.5, 0.6) is 0 Å². The van der Waals surface area contributed by atoms with Gasteiger partial charge in [0.05, 0.1) is 6.04 Å². The highest BCUT2D eigenvalue weighted by atomic mass is 127. The van der Waals surface area contributed by atoms with Crippen LogP contribution in [0.15, 0.2) is 47.5 Å². The lowest BCUT2D eigenvalue weighted by Crippen LogP contribution is -2.13. The van der Waals surface area contributed by atoms with E-state index in [1.807, 2.05) is 30.3 Å². The van der Waals surface area contributed by atoms with Crippen molar-refractivity contribution in [2.45, 2.75) is 19.9 Å². The van der Waals surface area contributed by atoms with Crippen molar-refractivity contribution in [3.05, 3.63) is 56.6 Å². The minimum absolute atomic E-state index is 0.219. The molecule has 3 rings (SSSR count). The number of rotatable bonds is 3. The first-order chi connectivity index (χ1) is 10.6. The average molecular weight is 426 g/mol. The van der Waals surface area contributed by atoms with Crippen LogP contribution in [-0.2, 0) is 4.74 Å². The van der Waals surface area contributed by atoms with Crippen molar-refractivity contribution in [3.8, 4) is 11.1 Å². The predicted molar refractivity (Wildman–Crippen MR) is 101 cm³/mol. The number of hydrogen-bond acceptors (Lipinski definition) is 2. The van der Waals surface area contributed by atoms with Gasteiger partial charge in [-0.05, 0) is 52.3 Å². The zero-order valence-corrected chi connectivity index (χ0v) is 15.4. The Balaban J connectivity index is 2.13. The van der Waals surface area contributed by atoms with E-state index in [2.05, 4.69) is 48.6 Å². The molecule has 0 amide bonds. The lowest BCUT2D eigenvalue weighted by atomic mass is 9.99. The van der Waals surface area contributed by atoms with Crippen LogP contribution in [0, 0.1) is 9.49 Å². The van der Waals surface area contributed by atoms with Gasteiger partial charge in [0.25, 0.3) is 0 Å². The molecule has 1 heterocycles. The topological polar surface area (TPSA) is 21.6 Å². The molecule has 0 radical (unpaired) electrons. The summed E-state index contributed by atoms with van der Waals surface area (Å²) in [5, 5.41) is 0.723. The second-order valence-electron chi connectivity index (χ2n) is 5.70. The number of benzene rings is 2. The number of nitrogens with zero attached hydrogens (tertiary/aromatic N) is 1. The van der Waals surface area contributed by atoms with Crippen LogP contribution in [-0.4, -0.2) is 18.5 Å². The molecule has 1 aliphatic rings. The average Bonchev–Trinajstić information content (AvgIpc) is 2.98. The first-order valence-corrected chi connectivity index (χ1v) is 8.78. The van der Waals surface area contributed by atoms with Crippen LogP contribution < -0.4 is 0 Å². The van der Waals surface area contributed by atoms with Crippen molar-refractivity contribution < 1.29 is 4.74 Å². The van der Waals surface area contributed by atoms with Crippen LogP contribution in [0.3, 0.4) is 0 Å². The van der Waals surface area contributed by atoms with Crippen LogP contribution in [0.1, 0.15) is 19.4 Å². The Kier molecular flexibility index (Phi) is 4.73. The molecule has 0 fully saturated rings. The summed E-state index contributed by atoms with van der Waals surface area (Å²) in [6, 6.07) is 14.3. The van der Waals surface area contributed by atoms with Gasteiger partial charge >= 0.3 is 0 Å². The minimum Gasteiger partial charge on any atom is -0.475 e. The molecule has 1 atom stereocenters. The fourth-order valence-corrected chi connectivity index (χ4v) is 3.45. The fourth-order valence-electron chi connectivity index (χ4n) is 2.52. The fraction of sp³-hybridized carbons (Fsp3) is 0.278. The van der Waals surface area contributed by atoms with E-state index in [9.17, 15) is 0 Å². The molecule has 4 heteroatoms. The Labute approximate surface area is 149 Å². The Bertz CT molecular complexity index is 727. The standard InChI is InChI=1S/C18H17ClINO/c1-11(2)16-10-22-18(21-16)13-7-5-8-14(19)17(13)12-6-3-4-9-15(12)20/h3-9,11,16H,10H2,1-2H3/t16-/m1/s1. The van der Waals surface area contributed by atoms with Gasteiger partial charge in [0, 0.05) is 19.7 Å². The van der Waals surface area contributed by atoms with Gasteiger partial charge in [0.15, 0.2) is 0 Å². The quantitative estimate of drug-likeness (QED) is 0.602. The van der Waals surface area contributed by atoms with E-state index in [1.54, 1.807) is 0 Å². The van der Waals surface area contributed by atoms with Crippen molar-refractivity contribution in [2.75, 3.05) is 6.61 Å². The third-order valence-corrected chi connectivity index (χ3v) is 5.09. The maximum absolute atomic E-state index is 6.50. The molecule has 2 aromatic rings. The van der Waals surface area contributed by atoms with Gasteiger partial charge in [-0.25, -0.2) is 4.99 Å². The zero-order chi connectivity index (χ0) is 15.7. The predicted octanol–water partition coefficient (Wildman–Crippen LogP) is 5.41. The SMILES string of the molecule is CC(C)[C@H]1COC(c2cccc(Cl)c2-c2ccccc2I)=N1. The third kappa shape index (κ3) is 3.01. The molecule has 2 nitrogen and oxygen atoms in total. The second-order valence-corrected chi connectivity index (χ2v) is 7.27. The van der Waals surface area contributed by atoms with E-state index in [0.717, 1.165) is 25.3 Å². The van der Waals surface area contributed by atoms with Crippen LogP contribution in [0.4, 0.5) is 0 Å². The molecule has 1 aliphatic heterocycles. The number of ether oxygens (including phenoxy) is 1. The summed E-state index contributed by atoms with van der Waals surface area (Å²) in [6.07, 6.45) is 0. The molecule has 2 aromatic carbocycles. The molecule has 114 valence electrons. The molecule has 0 spiro atoms. The van der Waals surface area contributed by atoms with Crippen molar-refractivity contribution in [3.63, 3.8) is 0 Å². The van der Waals surface area contributed by atoms with Gasteiger partial charge in [0.2, 0.25) is 5.90 Å². The smallest absolute Gasteiger partial charge is 0.217 e. The molecular weight excluding hydrogens is 409 g/mol. The molecule has 0 unspecified atom stereocenters. The highest BCUT2D eigenvalue weighted by Crippen LogP contribution is 2.35. The first-order valence-electron chi connectivity index (χ1n) is 7.32. The number of aliphatic imine (C=N–C) groups is 1. The summed E-state index contributed by atoms with van der Waals surface area (Å²) in [7, 11) is 0. The number of hydrogen-bond donors (Lipinski definition) is 0. The Morgan fingerprint density at radius 2 is 1.86 bits per heavy atom. The Hall–Kier alpha value is -1.07. The van der Waals surface area contributed by atoms with E-state index in [0.29, 0.717) is 18.4 Å². The molecule has 0 saturated carbocycles. The molecule has 0 saturated heterocycles. The minimum atomic E-state index is 0.219. The zero-order valence-electron chi connectivity index (χ0n) is 12.5. The van der Waals surface area contributed by atoms with Crippen molar-refractivity contribution in [1.82, 2.24) is 0 Å². The summed E-state index contributed by atoms with van der Waals surface area (Å²) in [5.41, 5.74) is 3.08. The largest absolute Gasteiger partial charge is 0.475 e. The van der Waals surface area contributed by atoms with E-state index in [4.69, 9.17) is 21.3 Å². The maximum Gasteiger partial charge on any atom is 0.217 e. The van der Waals surface area contributed by atoms with Gasteiger partial charge in [-0.2, -0.15) is 0 Å². The van der Waals surface area contributed by atoms with Crippen LogP contribution in [0.25, 0.3) is 11.1 Å². The van der Waals surface area contributed by atoms with Gasteiger partial charge in [-0.3, -0.25) is 0 Å². The van der Waals surface area contributed by atoms with Crippen LogP contribution >= 0.6 is 34.2 Å². The van der Waals surface area contributed by atoms with Gasteiger partial charge in [-0.15, -0.1) is 0 Å². The van der Waals surface area contributed by atoms with E-state index in [-0.39, 0.29) is 6.04 Å². The summed E-state index contributed by atoms with van der Waals surface area (Å²) in [6.45, 7) is 4.98. The molecule has 22 heavy (non-hydrogen) atoms. The lowest BCUT2D eigenvalue weighted by molar-refractivity contribution is 0.292. The molecular formula is C18H17ClINO. The molecule has 0 N–H and O–H groups in total. The van der Waals surface area contributed by atoms with Gasteiger partial charge < -0.3 is 4.74 Å². The lowest BCUT2D eigenvalue weighted by Gasteiger charge is -2.13. The van der Waals surface area contributed by atoms with Crippen molar-refractivity contribution in [1.29, 1.82) is 0 Å². The number of halogens is 2. The highest BCUT2D eigenvalue weighted by Gasteiger charge is 2.25. The van der Waals surface area contributed by atoms with Crippen LogP contribution in [0.2, 0.25) is 5.02 Å². The van der Waals surface area contributed by atoms with Gasteiger partial charge in [-0.1, -0.05) is 49.7 Å². The first kappa shape index (κ1) is 15.8. The summed E-state index contributed by atoms with van der Waals surface area (Å²) in [4.78, 5) is 4.75. The normalized spacial score (nSPS) is 17.5. The van der Waals surface area contributed by atoms with Crippen molar-refractivity contribution in [2.24, 2.45) is 10.9 Å². The van der Waals surface area contributed by atoms with Gasteiger partial charge in [0.1, 0.15) is 6.61 Å². The van der Waals surface area contributed by atoms with E-state index < -0.39 is 0 Å². The summed E-state index contributed by atoms with van der Waals surface area (Å²) in [5.74, 6) is 1.17. The molecule has 0 aliphatic carbocycles. The maximum atomic E-state index is 6.50. The Morgan fingerprint density at radius 1 is 1.14 bits per heavy atom. The van der Waals surface area contributed by atoms with E-state index in [1.165, 1.54) is 0 Å². The van der Waals surface area contributed by atoms with Crippen molar-refractivity contribution >= 4 is 40.1 Å². The molecule has 0 bridgehead atoms.